The second-order valence-electron chi connectivity index (χ2n) is 8.27. The number of nitrogens with zero attached hydrogens (tertiary/aromatic N) is 3. The van der Waals surface area contributed by atoms with E-state index in [1.807, 2.05) is 15.9 Å². The molecule has 28 heavy (non-hydrogen) atoms. The molecule has 0 radical (unpaired) electrons. The Balaban J connectivity index is 1.27. The van der Waals surface area contributed by atoms with Crippen molar-refractivity contribution in [3.05, 3.63) is 47.0 Å². The molecule has 2 aromatic carbocycles. The molecule has 5 rings (SSSR count). The topological polar surface area (TPSA) is 43.9 Å². The van der Waals surface area contributed by atoms with Crippen molar-refractivity contribution in [3.63, 3.8) is 0 Å². The Bertz CT molecular complexity index is 915. The van der Waals surface area contributed by atoms with Crippen LogP contribution in [0.3, 0.4) is 0 Å². The fourth-order valence-corrected chi connectivity index (χ4v) is 4.97. The van der Waals surface area contributed by atoms with Gasteiger partial charge < -0.3 is 9.80 Å². The lowest BCUT2D eigenvalue weighted by molar-refractivity contribution is -0.131. The summed E-state index contributed by atoms with van der Waals surface area (Å²) in [6.07, 6.45) is 4.41. The van der Waals surface area contributed by atoms with Crippen LogP contribution in [0, 0.1) is 0 Å². The first-order valence-electron chi connectivity index (χ1n) is 10.5. The molecule has 0 unspecified atom stereocenters. The molecule has 0 bridgehead atoms. The summed E-state index contributed by atoms with van der Waals surface area (Å²) in [7, 11) is 0. The number of amides is 2. The Labute approximate surface area is 165 Å². The van der Waals surface area contributed by atoms with Crippen LogP contribution >= 0.6 is 0 Å². The van der Waals surface area contributed by atoms with E-state index in [9.17, 15) is 9.59 Å². The van der Waals surface area contributed by atoms with E-state index in [0.717, 1.165) is 62.8 Å². The normalized spacial score (nSPS) is 19.6. The zero-order valence-electron chi connectivity index (χ0n) is 16.3. The minimum absolute atomic E-state index is 0.126. The fraction of sp³-hybridized carbons (Fsp3) is 0.478. The van der Waals surface area contributed by atoms with E-state index in [1.165, 1.54) is 16.5 Å². The SMILES string of the molecule is O=C(CN1CCN(C(=O)c2ccc3c4c(cccc24)CC3)CC1)N1CCCC1. The Morgan fingerprint density at radius 3 is 2.25 bits per heavy atom. The van der Waals surface area contributed by atoms with E-state index in [4.69, 9.17) is 0 Å². The molecular weight excluding hydrogens is 350 g/mol. The lowest BCUT2D eigenvalue weighted by Crippen LogP contribution is -2.51. The van der Waals surface area contributed by atoms with E-state index in [0.29, 0.717) is 19.6 Å². The fourth-order valence-electron chi connectivity index (χ4n) is 4.97. The Morgan fingerprint density at radius 2 is 1.50 bits per heavy atom. The molecule has 2 aromatic rings. The molecule has 0 atom stereocenters. The predicted molar refractivity (Wildman–Crippen MR) is 110 cm³/mol. The van der Waals surface area contributed by atoms with Crippen LogP contribution in [0.4, 0.5) is 0 Å². The van der Waals surface area contributed by atoms with Crippen LogP contribution in [0.5, 0.6) is 0 Å². The van der Waals surface area contributed by atoms with E-state index < -0.39 is 0 Å². The van der Waals surface area contributed by atoms with Crippen molar-refractivity contribution in [3.8, 4) is 0 Å². The molecule has 146 valence electrons. The highest BCUT2D eigenvalue weighted by Crippen LogP contribution is 2.33. The third kappa shape index (κ3) is 3.08. The molecular formula is C23H27N3O2. The van der Waals surface area contributed by atoms with Crippen molar-refractivity contribution >= 4 is 22.6 Å². The van der Waals surface area contributed by atoms with Crippen LogP contribution in [-0.2, 0) is 17.6 Å². The highest BCUT2D eigenvalue weighted by atomic mass is 16.2. The van der Waals surface area contributed by atoms with Gasteiger partial charge in [-0.25, -0.2) is 0 Å². The number of piperazine rings is 1. The van der Waals surface area contributed by atoms with Gasteiger partial charge in [0.1, 0.15) is 0 Å². The lowest BCUT2D eigenvalue weighted by atomic mass is 9.99. The van der Waals surface area contributed by atoms with Gasteiger partial charge in [0.2, 0.25) is 5.91 Å². The number of rotatable bonds is 3. The minimum Gasteiger partial charge on any atom is -0.342 e. The maximum Gasteiger partial charge on any atom is 0.254 e. The molecule has 0 aromatic heterocycles. The number of hydrogen-bond acceptors (Lipinski definition) is 3. The molecule has 2 heterocycles. The van der Waals surface area contributed by atoms with E-state index >= 15 is 0 Å². The Kier molecular flexibility index (Phi) is 4.55. The standard InChI is InChI=1S/C23H27N3O2/c27-21(25-10-1-2-11-25)16-24-12-14-26(15-13-24)23(28)20-9-8-18-7-6-17-4-3-5-19(20)22(17)18/h3-5,8-9H,1-2,6-7,10-16H2. The number of hydrogen-bond donors (Lipinski definition) is 0. The summed E-state index contributed by atoms with van der Waals surface area (Å²) in [4.78, 5) is 31.7. The van der Waals surface area contributed by atoms with E-state index in [-0.39, 0.29) is 11.8 Å². The van der Waals surface area contributed by atoms with Gasteiger partial charge in [-0.3, -0.25) is 14.5 Å². The summed E-state index contributed by atoms with van der Waals surface area (Å²) in [6, 6.07) is 10.5. The first-order chi connectivity index (χ1) is 13.7. The molecule has 5 heteroatoms. The zero-order valence-corrected chi connectivity index (χ0v) is 16.3. The summed E-state index contributed by atoms with van der Waals surface area (Å²) >= 11 is 0. The van der Waals surface area contributed by atoms with Crippen molar-refractivity contribution in [1.82, 2.24) is 14.7 Å². The molecule has 3 aliphatic rings. The summed E-state index contributed by atoms with van der Waals surface area (Å²) < 4.78 is 0. The number of carbonyl (C=O) groups is 2. The maximum absolute atomic E-state index is 13.2. The van der Waals surface area contributed by atoms with Crippen LogP contribution < -0.4 is 0 Å². The van der Waals surface area contributed by atoms with Gasteiger partial charge in [0.25, 0.3) is 5.91 Å². The van der Waals surface area contributed by atoms with E-state index in [2.05, 4.69) is 29.2 Å². The third-order valence-electron chi connectivity index (χ3n) is 6.58. The molecule has 5 nitrogen and oxygen atoms in total. The van der Waals surface area contributed by atoms with Crippen LogP contribution in [0.25, 0.3) is 10.8 Å². The van der Waals surface area contributed by atoms with Gasteiger partial charge in [0.05, 0.1) is 6.54 Å². The van der Waals surface area contributed by atoms with Gasteiger partial charge in [-0.15, -0.1) is 0 Å². The quantitative estimate of drug-likeness (QED) is 0.825. The van der Waals surface area contributed by atoms with Crippen molar-refractivity contribution in [2.45, 2.75) is 25.7 Å². The molecule has 0 N–H and O–H groups in total. The van der Waals surface area contributed by atoms with Crippen LogP contribution in [0.1, 0.15) is 34.3 Å². The number of aryl methyl sites for hydroxylation is 2. The maximum atomic E-state index is 13.2. The number of benzene rings is 2. The zero-order chi connectivity index (χ0) is 19.1. The molecule has 0 spiro atoms. The van der Waals surface area contributed by atoms with Crippen LogP contribution in [0.15, 0.2) is 30.3 Å². The Hall–Kier alpha value is -2.40. The highest BCUT2D eigenvalue weighted by Gasteiger charge is 2.27. The average molecular weight is 377 g/mol. The molecule has 2 aliphatic heterocycles. The smallest absolute Gasteiger partial charge is 0.254 e. The number of carbonyl (C=O) groups excluding carboxylic acids is 2. The summed E-state index contributed by atoms with van der Waals surface area (Å²) in [6.45, 7) is 5.22. The summed E-state index contributed by atoms with van der Waals surface area (Å²) in [5.41, 5.74) is 3.56. The van der Waals surface area contributed by atoms with Crippen molar-refractivity contribution in [2.75, 3.05) is 45.8 Å². The van der Waals surface area contributed by atoms with Gasteiger partial charge in [-0.1, -0.05) is 24.3 Å². The summed E-state index contributed by atoms with van der Waals surface area (Å²) in [5.74, 6) is 0.367. The van der Waals surface area contributed by atoms with Gasteiger partial charge in [0, 0.05) is 44.8 Å². The molecule has 2 fully saturated rings. The van der Waals surface area contributed by atoms with Gasteiger partial charge in [-0.2, -0.15) is 0 Å². The highest BCUT2D eigenvalue weighted by molar-refractivity contribution is 6.09. The Morgan fingerprint density at radius 1 is 0.786 bits per heavy atom. The van der Waals surface area contributed by atoms with Crippen molar-refractivity contribution < 1.29 is 9.59 Å². The van der Waals surface area contributed by atoms with Gasteiger partial charge in [0.15, 0.2) is 0 Å². The average Bonchev–Trinajstić information content (AvgIpc) is 3.40. The van der Waals surface area contributed by atoms with Gasteiger partial charge in [-0.05, 0) is 53.6 Å². The summed E-state index contributed by atoms with van der Waals surface area (Å²) in [5, 5.41) is 2.40. The molecule has 2 amide bonds. The van der Waals surface area contributed by atoms with Crippen LogP contribution in [-0.4, -0.2) is 72.3 Å². The lowest BCUT2D eigenvalue weighted by Gasteiger charge is -2.35. The first-order valence-corrected chi connectivity index (χ1v) is 10.5. The van der Waals surface area contributed by atoms with E-state index in [1.54, 1.807) is 0 Å². The largest absolute Gasteiger partial charge is 0.342 e. The van der Waals surface area contributed by atoms with Crippen molar-refractivity contribution in [1.29, 1.82) is 0 Å². The monoisotopic (exact) mass is 377 g/mol. The first kappa shape index (κ1) is 17.7. The van der Waals surface area contributed by atoms with Crippen molar-refractivity contribution in [2.24, 2.45) is 0 Å². The van der Waals surface area contributed by atoms with Crippen LogP contribution in [0.2, 0.25) is 0 Å². The predicted octanol–water partition coefficient (Wildman–Crippen LogP) is 2.32. The molecule has 2 saturated heterocycles. The molecule has 1 aliphatic carbocycles. The third-order valence-corrected chi connectivity index (χ3v) is 6.58. The molecule has 0 saturated carbocycles. The second-order valence-corrected chi connectivity index (χ2v) is 8.27. The minimum atomic E-state index is 0.126. The van der Waals surface area contributed by atoms with Gasteiger partial charge >= 0.3 is 0 Å². The number of likely N-dealkylation sites (tertiary alicyclic amines) is 1. The second kappa shape index (κ2) is 7.21.